The number of rotatable bonds is 5. The summed E-state index contributed by atoms with van der Waals surface area (Å²) in [6.07, 6.45) is -0.462. The van der Waals surface area contributed by atoms with Crippen LogP contribution in [0.3, 0.4) is 0 Å². The molecule has 1 amide bonds. The number of benzene rings is 2. The first-order valence-corrected chi connectivity index (χ1v) is 9.32. The van der Waals surface area contributed by atoms with E-state index in [1.54, 1.807) is 0 Å². The largest absolute Gasteiger partial charge is 0.481 e. The van der Waals surface area contributed by atoms with Gasteiger partial charge in [-0.3, -0.25) is 9.69 Å². The van der Waals surface area contributed by atoms with Gasteiger partial charge in [0.25, 0.3) is 5.91 Å². The van der Waals surface area contributed by atoms with Crippen LogP contribution in [0.5, 0.6) is 5.75 Å². The fraction of sp³-hybridized carbons (Fsp3) is 0.409. The van der Waals surface area contributed by atoms with Gasteiger partial charge >= 0.3 is 0 Å². The lowest BCUT2D eigenvalue weighted by Gasteiger charge is -2.36. The van der Waals surface area contributed by atoms with Gasteiger partial charge in [0.05, 0.1) is 0 Å². The molecule has 0 saturated carbocycles. The summed E-state index contributed by atoms with van der Waals surface area (Å²) in [6, 6.07) is 16.6. The Kier molecular flexibility index (Phi) is 5.94. The molecule has 4 nitrogen and oxygen atoms in total. The Balaban J connectivity index is 1.52. The van der Waals surface area contributed by atoms with Crippen LogP contribution < -0.4 is 4.74 Å². The molecule has 3 rings (SSSR count). The van der Waals surface area contributed by atoms with Gasteiger partial charge in [-0.1, -0.05) is 42.5 Å². The summed E-state index contributed by atoms with van der Waals surface area (Å²) in [7, 11) is 0. The summed E-state index contributed by atoms with van der Waals surface area (Å²) in [5.74, 6) is 0.874. The molecule has 1 unspecified atom stereocenters. The van der Waals surface area contributed by atoms with Gasteiger partial charge in [0.15, 0.2) is 6.10 Å². The van der Waals surface area contributed by atoms with Gasteiger partial charge in [0.1, 0.15) is 5.75 Å². The van der Waals surface area contributed by atoms with Crippen molar-refractivity contribution in [3.63, 3.8) is 0 Å². The average molecular weight is 352 g/mol. The first-order valence-electron chi connectivity index (χ1n) is 9.32. The van der Waals surface area contributed by atoms with E-state index in [-0.39, 0.29) is 5.91 Å². The van der Waals surface area contributed by atoms with Crippen molar-refractivity contribution in [3.05, 3.63) is 65.2 Å². The molecule has 0 bridgehead atoms. The quantitative estimate of drug-likeness (QED) is 0.827. The Morgan fingerprint density at radius 2 is 1.73 bits per heavy atom. The highest BCUT2D eigenvalue weighted by atomic mass is 16.5. The van der Waals surface area contributed by atoms with E-state index < -0.39 is 6.10 Å². The van der Waals surface area contributed by atoms with Crippen molar-refractivity contribution >= 4 is 5.91 Å². The van der Waals surface area contributed by atoms with Crippen LogP contribution in [0.4, 0.5) is 0 Å². The molecule has 0 aliphatic carbocycles. The molecule has 138 valence electrons. The summed E-state index contributed by atoms with van der Waals surface area (Å²) in [5, 5.41) is 0. The lowest BCUT2D eigenvalue weighted by molar-refractivity contribution is -0.139. The molecule has 1 aliphatic heterocycles. The Labute approximate surface area is 156 Å². The molecule has 1 heterocycles. The van der Waals surface area contributed by atoms with Gasteiger partial charge in [-0.2, -0.15) is 0 Å². The van der Waals surface area contributed by atoms with Crippen molar-refractivity contribution in [2.45, 2.75) is 33.4 Å². The number of nitrogens with zero attached hydrogens (tertiary/aromatic N) is 2. The maximum absolute atomic E-state index is 12.7. The Morgan fingerprint density at radius 3 is 2.42 bits per heavy atom. The number of carbonyl (C=O) groups excluding carboxylic acids is 1. The van der Waals surface area contributed by atoms with Crippen LogP contribution in [-0.2, 0) is 11.3 Å². The van der Waals surface area contributed by atoms with Crippen molar-refractivity contribution in [2.75, 3.05) is 26.2 Å². The number of hydrogen-bond acceptors (Lipinski definition) is 3. The summed E-state index contributed by atoms with van der Waals surface area (Å²) >= 11 is 0. The minimum Gasteiger partial charge on any atom is -0.481 e. The minimum absolute atomic E-state index is 0.0743. The predicted molar refractivity (Wildman–Crippen MR) is 104 cm³/mol. The van der Waals surface area contributed by atoms with E-state index in [9.17, 15) is 4.79 Å². The number of hydrogen-bond donors (Lipinski definition) is 0. The molecule has 1 atom stereocenters. The maximum Gasteiger partial charge on any atom is 0.263 e. The smallest absolute Gasteiger partial charge is 0.263 e. The maximum atomic E-state index is 12.7. The predicted octanol–water partition coefficient (Wildman–Crippen LogP) is 3.42. The fourth-order valence-corrected chi connectivity index (χ4v) is 3.30. The van der Waals surface area contributed by atoms with E-state index in [4.69, 9.17) is 4.74 Å². The molecule has 2 aromatic carbocycles. The molecule has 1 saturated heterocycles. The summed E-state index contributed by atoms with van der Waals surface area (Å²) in [5.41, 5.74) is 3.52. The normalized spacial score (nSPS) is 16.3. The second-order valence-electron chi connectivity index (χ2n) is 7.12. The zero-order valence-electron chi connectivity index (χ0n) is 15.9. The third-order valence-corrected chi connectivity index (χ3v) is 4.93. The highest BCUT2D eigenvalue weighted by Crippen LogP contribution is 2.21. The first kappa shape index (κ1) is 18.5. The van der Waals surface area contributed by atoms with Crippen LogP contribution in [0.15, 0.2) is 48.5 Å². The van der Waals surface area contributed by atoms with Crippen LogP contribution in [-0.4, -0.2) is 48.0 Å². The van der Waals surface area contributed by atoms with Crippen molar-refractivity contribution in [1.82, 2.24) is 9.80 Å². The lowest BCUT2D eigenvalue weighted by Crippen LogP contribution is -2.51. The van der Waals surface area contributed by atoms with E-state index in [2.05, 4.69) is 35.2 Å². The van der Waals surface area contributed by atoms with E-state index >= 15 is 0 Å². The van der Waals surface area contributed by atoms with E-state index in [0.29, 0.717) is 0 Å². The van der Waals surface area contributed by atoms with Gasteiger partial charge in [-0.05, 0) is 43.5 Å². The van der Waals surface area contributed by atoms with Gasteiger partial charge in [-0.25, -0.2) is 0 Å². The van der Waals surface area contributed by atoms with E-state index in [1.807, 2.05) is 43.9 Å². The number of ether oxygens (including phenoxy) is 1. The molecule has 2 aromatic rings. The third-order valence-electron chi connectivity index (χ3n) is 4.93. The molecule has 0 N–H and O–H groups in total. The Hall–Kier alpha value is -2.33. The molecule has 0 radical (unpaired) electrons. The first-order chi connectivity index (χ1) is 12.5. The summed E-state index contributed by atoms with van der Waals surface area (Å²) in [4.78, 5) is 17.1. The molecule has 0 spiro atoms. The SMILES string of the molecule is Cc1ccc(C)c(OC(C)C(=O)N2CCN(Cc3ccccc3)CC2)c1. The summed E-state index contributed by atoms with van der Waals surface area (Å²) < 4.78 is 5.96. The number of aryl methyl sites for hydroxylation is 2. The van der Waals surface area contributed by atoms with Crippen molar-refractivity contribution < 1.29 is 9.53 Å². The molecule has 26 heavy (non-hydrogen) atoms. The zero-order chi connectivity index (χ0) is 18.5. The highest BCUT2D eigenvalue weighted by Gasteiger charge is 2.26. The topological polar surface area (TPSA) is 32.8 Å². The monoisotopic (exact) mass is 352 g/mol. The number of amides is 1. The van der Waals surface area contributed by atoms with E-state index in [0.717, 1.165) is 49.6 Å². The third kappa shape index (κ3) is 4.64. The van der Waals surface area contributed by atoms with Crippen molar-refractivity contribution in [3.8, 4) is 5.75 Å². The lowest BCUT2D eigenvalue weighted by atomic mass is 10.1. The highest BCUT2D eigenvalue weighted by molar-refractivity contribution is 5.81. The van der Waals surface area contributed by atoms with E-state index in [1.165, 1.54) is 5.56 Å². The van der Waals surface area contributed by atoms with Crippen LogP contribution >= 0.6 is 0 Å². The van der Waals surface area contributed by atoms with Gasteiger partial charge in [0, 0.05) is 32.7 Å². The molecule has 4 heteroatoms. The van der Waals surface area contributed by atoms with Gasteiger partial charge in [0.2, 0.25) is 0 Å². The molecular formula is C22H28N2O2. The molecule has 0 aromatic heterocycles. The van der Waals surface area contributed by atoms with Crippen LogP contribution in [0.1, 0.15) is 23.6 Å². The standard InChI is InChI=1S/C22H28N2O2/c1-17-9-10-18(2)21(15-17)26-19(3)22(25)24-13-11-23(12-14-24)16-20-7-5-4-6-8-20/h4-10,15,19H,11-14,16H2,1-3H3. The minimum atomic E-state index is -0.462. The number of carbonyl (C=O) groups is 1. The zero-order valence-corrected chi connectivity index (χ0v) is 15.9. The van der Waals surface area contributed by atoms with Crippen LogP contribution in [0.25, 0.3) is 0 Å². The summed E-state index contributed by atoms with van der Waals surface area (Å²) in [6.45, 7) is 10.1. The molecule has 1 aliphatic rings. The fourth-order valence-electron chi connectivity index (χ4n) is 3.30. The average Bonchev–Trinajstić information content (AvgIpc) is 2.65. The number of piperazine rings is 1. The van der Waals surface area contributed by atoms with Gasteiger partial charge < -0.3 is 9.64 Å². The molecular weight excluding hydrogens is 324 g/mol. The van der Waals surface area contributed by atoms with Crippen molar-refractivity contribution in [2.24, 2.45) is 0 Å². The van der Waals surface area contributed by atoms with Crippen LogP contribution in [0.2, 0.25) is 0 Å². The second kappa shape index (κ2) is 8.37. The van der Waals surface area contributed by atoms with Crippen molar-refractivity contribution in [1.29, 1.82) is 0 Å². The molecule has 1 fully saturated rings. The van der Waals surface area contributed by atoms with Gasteiger partial charge in [-0.15, -0.1) is 0 Å². The van der Waals surface area contributed by atoms with Crippen LogP contribution in [0, 0.1) is 13.8 Å². The second-order valence-corrected chi connectivity index (χ2v) is 7.12. The Morgan fingerprint density at radius 1 is 1.04 bits per heavy atom. The Bertz CT molecular complexity index is 737.